The topological polar surface area (TPSA) is 74.6 Å². The number of carbonyl (C=O) groups is 2. The van der Waals surface area contributed by atoms with Crippen LogP contribution in [0.4, 0.5) is 4.39 Å². The Morgan fingerprint density at radius 3 is 2.69 bits per heavy atom. The lowest BCUT2D eigenvalue weighted by Crippen LogP contribution is -2.58. The highest BCUT2D eigenvalue weighted by Gasteiger charge is 2.65. The molecule has 0 spiro atoms. The number of alkyl halides is 1. The Hall–Kier alpha value is -1.07. The minimum atomic E-state index is -1.33. The molecule has 26 heavy (non-hydrogen) atoms. The Bertz CT molecular complexity index is 658. The highest BCUT2D eigenvalue weighted by molar-refractivity contribution is 5.91. The van der Waals surface area contributed by atoms with Crippen LogP contribution in [-0.4, -0.2) is 40.7 Å². The van der Waals surface area contributed by atoms with Gasteiger partial charge in [0.25, 0.3) is 0 Å². The predicted octanol–water partition coefficient (Wildman–Crippen LogP) is 2.62. The summed E-state index contributed by atoms with van der Waals surface area (Å²) in [6.07, 6.45) is 5.69. The molecule has 0 bridgehead atoms. The lowest BCUT2D eigenvalue weighted by Gasteiger charge is -2.58. The average molecular weight is 364 g/mol. The first kappa shape index (κ1) is 18.3. The Balaban J connectivity index is 1.71. The predicted molar refractivity (Wildman–Crippen MR) is 94.0 cm³/mol. The lowest BCUT2D eigenvalue weighted by atomic mass is 9.48. The fourth-order valence-electron chi connectivity index (χ4n) is 7.05. The van der Waals surface area contributed by atoms with E-state index in [-0.39, 0.29) is 53.2 Å². The van der Waals surface area contributed by atoms with E-state index < -0.39 is 12.3 Å². The summed E-state index contributed by atoms with van der Waals surface area (Å²) in [5.74, 6) is -0.729. The molecule has 0 unspecified atom stereocenters. The van der Waals surface area contributed by atoms with E-state index in [0.29, 0.717) is 32.1 Å². The molecular formula is C21H29FO4. The van der Waals surface area contributed by atoms with Crippen LogP contribution < -0.4 is 0 Å². The molecule has 7 atom stereocenters. The molecule has 4 rings (SSSR count). The van der Waals surface area contributed by atoms with E-state index in [2.05, 4.69) is 6.92 Å². The molecule has 3 fully saturated rings. The van der Waals surface area contributed by atoms with Crippen LogP contribution >= 0.6 is 0 Å². The molecule has 3 saturated carbocycles. The van der Waals surface area contributed by atoms with Gasteiger partial charge in [0.1, 0.15) is 12.3 Å². The van der Waals surface area contributed by atoms with Gasteiger partial charge in [0.2, 0.25) is 0 Å². The maximum Gasteiger partial charge on any atom is 0.161 e. The van der Waals surface area contributed by atoms with Gasteiger partial charge in [0, 0.05) is 30.8 Å². The van der Waals surface area contributed by atoms with Crippen LogP contribution in [0.3, 0.4) is 0 Å². The molecular weight excluding hydrogens is 335 g/mol. The summed E-state index contributed by atoms with van der Waals surface area (Å²) in [5, 5.41) is 19.3. The molecule has 0 amide bonds. The fourth-order valence-corrected chi connectivity index (χ4v) is 7.05. The molecule has 0 aliphatic heterocycles. The second kappa shape index (κ2) is 6.23. The summed E-state index contributed by atoms with van der Waals surface area (Å²) in [7, 11) is 0. The Kier molecular flexibility index (Phi) is 4.39. The fraction of sp³-hybridized carbons (Fsp3) is 0.810. The summed E-state index contributed by atoms with van der Waals surface area (Å²) < 4.78 is 16.4. The number of hydrogen-bond donors (Lipinski definition) is 2. The molecule has 0 aromatic heterocycles. The highest BCUT2D eigenvalue weighted by Crippen LogP contribution is 2.66. The van der Waals surface area contributed by atoms with Gasteiger partial charge in [-0.2, -0.15) is 0 Å². The van der Waals surface area contributed by atoms with Crippen LogP contribution in [0, 0.1) is 35.0 Å². The van der Waals surface area contributed by atoms with E-state index in [1.165, 1.54) is 0 Å². The van der Waals surface area contributed by atoms with Crippen LogP contribution in [0.25, 0.3) is 0 Å². The largest absolute Gasteiger partial charge is 0.396 e. The van der Waals surface area contributed by atoms with Crippen molar-refractivity contribution in [1.29, 1.82) is 0 Å². The van der Waals surface area contributed by atoms with Crippen molar-refractivity contribution in [2.75, 3.05) is 13.2 Å². The summed E-state index contributed by atoms with van der Waals surface area (Å²) in [5.41, 5.74) is -0.766. The van der Waals surface area contributed by atoms with Gasteiger partial charge in [-0.25, -0.2) is 4.39 Å². The molecule has 0 heterocycles. The maximum absolute atomic E-state index is 16.4. The van der Waals surface area contributed by atoms with Gasteiger partial charge < -0.3 is 10.2 Å². The van der Waals surface area contributed by atoms with E-state index in [9.17, 15) is 19.8 Å². The first-order valence-corrected chi connectivity index (χ1v) is 10.0. The van der Waals surface area contributed by atoms with Crippen LogP contribution in [0.2, 0.25) is 0 Å². The molecule has 4 aliphatic rings. The Morgan fingerprint density at radius 1 is 1.23 bits per heavy atom. The molecule has 5 heteroatoms. The number of rotatable bonds is 3. The van der Waals surface area contributed by atoms with Gasteiger partial charge in [-0.1, -0.05) is 12.5 Å². The smallest absolute Gasteiger partial charge is 0.161 e. The molecule has 0 aromatic carbocycles. The number of carbonyl (C=O) groups excluding carboxylic acids is 2. The highest BCUT2D eigenvalue weighted by atomic mass is 19.1. The Labute approximate surface area is 153 Å². The third kappa shape index (κ3) is 2.39. The van der Waals surface area contributed by atoms with E-state index in [4.69, 9.17) is 0 Å². The van der Waals surface area contributed by atoms with E-state index in [0.717, 1.165) is 18.4 Å². The van der Waals surface area contributed by atoms with Crippen molar-refractivity contribution < 1.29 is 24.2 Å². The first-order chi connectivity index (χ1) is 12.3. The third-order valence-electron chi connectivity index (χ3n) is 8.32. The number of aliphatic hydroxyl groups excluding tert-OH is 2. The summed E-state index contributed by atoms with van der Waals surface area (Å²) >= 11 is 0. The average Bonchev–Trinajstić information content (AvgIpc) is 2.98. The van der Waals surface area contributed by atoms with Crippen molar-refractivity contribution in [1.82, 2.24) is 0 Å². The van der Waals surface area contributed by atoms with E-state index in [1.54, 1.807) is 6.08 Å². The second-order valence-electron chi connectivity index (χ2n) is 9.22. The number of halogens is 1. The zero-order valence-corrected chi connectivity index (χ0v) is 15.4. The third-order valence-corrected chi connectivity index (χ3v) is 8.32. The summed E-state index contributed by atoms with van der Waals surface area (Å²) in [4.78, 5) is 24.2. The second-order valence-corrected chi connectivity index (χ2v) is 9.22. The number of Topliss-reactive ketones (excluding diaryl/α,β-unsaturated/α-hetero) is 1. The Morgan fingerprint density at radius 2 is 2.00 bits per heavy atom. The molecule has 0 saturated heterocycles. The van der Waals surface area contributed by atoms with Crippen molar-refractivity contribution in [3.63, 3.8) is 0 Å². The van der Waals surface area contributed by atoms with Crippen molar-refractivity contribution in [3.05, 3.63) is 11.6 Å². The SMILES string of the molecule is C[C@]12CC[C@]3(F)[C@H]4CCC(=O)C=C4[C@@H](CO)C[C@H]3[C@@H]1CC[C@@H]2C(=O)CO. The van der Waals surface area contributed by atoms with Crippen molar-refractivity contribution >= 4 is 11.6 Å². The number of fused-ring (bicyclic) bond motifs is 5. The molecule has 4 nitrogen and oxygen atoms in total. The zero-order valence-electron chi connectivity index (χ0n) is 15.4. The molecule has 0 aromatic rings. The van der Waals surface area contributed by atoms with Crippen LogP contribution in [0.1, 0.15) is 51.9 Å². The van der Waals surface area contributed by atoms with Crippen molar-refractivity contribution in [2.45, 2.75) is 57.5 Å². The van der Waals surface area contributed by atoms with Crippen LogP contribution in [0.5, 0.6) is 0 Å². The standard InChI is InChI=1S/C21H29FO4/c1-20-6-7-21(22)15-3-2-13(25)9-14(15)12(10-23)8-18(21)16(20)4-5-17(20)19(26)11-24/h9,12,15-18,23-24H,2-8,10-11H2,1H3/t12-,15+,16+,17-,18+,20+,21+/m1/s1. The van der Waals surface area contributed by atoms with Gasteiger partial charge >= 0.3 is 0 Å². The zero-order chi connectivity index (χ0) is 18.7. The van der Waals surface area contributed by atoms with Crippen molar-refractivity contribution in [2.24, 2.45) is 35.0 Å². The van der Waals surface area contributed by atoms with Gasteiger partial charge in [-0.3, -0.25) is 9.59 Å². The van der Waals surface area contributed by atoms with E-state index in [1.807, 2.05) is 0 Å². The minimum Gasteiger partial charge on any atom is -0.396 e. The summed E-state index contributed by atoms with van der Waals surface area (Å²) in [6, 6.07) is 0. The van der Waals surface area contributed by atoms with Crippen LogP contribution in [0.15, 0.2) is 11.6 Å². The monoisotopic (exact) mass is 364 g/mol. The summed E-state index contributed by atoms with van der Waals surface area (Å²) in [6.45, 7) is 1.62. The van der Waals surface area contributed by atoms with Gasteiger partial charge in [0.15, 0.2) is 11.6 Å². The number of ketones is 2. The van der Waals surface area contributed by atoms with E-state index >= 15 is 4.39 Å². The maximum atomic E-state index is 16.4. The minimum absolute atomic E-state index is 0.0480. The van der Waals surface area contributed by atoms with Gasteiger partial charge in [-0.15, -0.1) is 0 Å². The quantitative estimate of drug-likeness (QED) is 0.807. The molecule has 4 aliphatic carbocycles. The number of aliphatic hydroxyl groups is 2. The molecule has 0 radical (unpaired) electrons. The number of hydrogen-bond acceptors (Lipinski definition) is 4. The molecule has 144 valence electrons. The van der Waals surface area contributed by atoms with Crippen molar-refractivity contribution in [3.8, 4) is 0 Å². The van der Waals surface area contributed by atoms with Crippen LogP contribution in [-0.2, 0) is 9.59 Å². The normalized spacial score (nSPS) is 47.6. The first-order valence-electron chi connectivity index (χ1n) is 10.0. The lowest BCUT2D eigenvalue weighted by molar-refractivity contribution is -0.143. The molecule has 2 N–H and O–H groups in total. The van der Waals surface area contributed by atoms with Gasteiger partial charge in [-0.05, 0) is 61.9 Å². The van der Waals surface area contributed by atoms with Gasteiger partial charge in [0.05, 0.1) is 0 Å².